The number of aliphatic hydroxyl groups is 1. The van der Waals surface area contributed by atoms with Crippen LogP contribution in [0.1, 0.15) is 36.9 Å². The number of amides is 2. The zero-order chi connectivity index (χ0) is 25.2. The molecule has 3 N–H and O–H groups in total. The molecular weight excluding hydrogens is 452 g/mol. The van der Waals surface area contributed by atoms with E-state index in [1.54, 1.807) is 18.2 Å². The predicted octanol–water partition coefficient (Wildman–Crippen LogP) is 2.14. The maximum Gasteiger partial charge on any atom is 0.327 e. The lowest BCUT2D eigenvalue weighted by Gasteiger charge is -2.29. The van der Waals surface area contributed by atoms with Gasteiger partial charge in [0.25, 0.3) is 0 Å². The summed E-state index contributed by atoms with van der Waals surface area (Å²) in [5.41, 5.74) is -0.594. The highest BCUT2D eigenvalue weighted by Gasteiger charge is 2.68. The third kappa shape index (κ3) is 4.15. The van der Waals surface area contributed by atoms with Gasteiger partial charge in [-0.2, -0.15) is 0 Å². The Morgan fingerprint density at radius 2 is 1.86 bits per heavy atom. The molecule has 2 amide bonds. The van der Waals surface area contributed by atoms with Crippen LogP contribution in [0, 0.1) is 11.8 Å². The standard InChI is InChI=1S/C26H30N2O7/c1-3-4-13-28-23(30)19-20(24(28)31)26(15-29,25(32)33)27-21(19)17-11-8-12-18(34-2)22(17)35-14-16-9-6-5-7-10-16/h5-12,19-21,27,29H,3-4,13-15H2,1-2H3,(H,32,33). The molecule has 2 aliphatic rings. The molecule has 4 unspecified atom stereocenters. The largest absolute Gasteiger partial charge is 0.493 e. The number of likely N-dealkylation sites (tertiary alicyclic amines) is 1. The van der Waals surface area contributed by atoms with E-state index < -0.39 is 47.8 Å². The molecule has 2 fully saturated rings. The van der Waals surface area contributed by atoms with Crippen molar-refractivity contribution in [2.45, 2.75) is 38.0 Å². The Labute approximate surface area is 203 Å². The first-order valence-electron chi connectivity index (χ1n) is 11.7. The second-order valence-corrected chi connectivity index (χ2v) is 8.89. The third-order valence-electron chi connectivity index (χ3n) is 6.90. The molecule has 0 aliphatic carbocycles. The molecule has 186 valence electrons. The van der Waals surface area contributed by atoms with Crippen molar-refractivity contribution in [2.24, 2.45) is 11.8 Å². The Bertz CT molecular complexity index is 1110. The smallest absolute Gasteiger partial charge is 0.327 e. The molecule has 2 aromatic carbocycles. The van der Waals surface area contributed by atoms with E-state index in [9.17, 15) is 24.6 Å². The van der Waals surface area contributed by atoms with Gasteiger partial charge in [-0.1, -0.05) is 55.8 Å². The van der Waals surface area contributed by atoms with E-state index in [0.29, 0.717) is 23.5 Å². The topological polar surface area (TPSA) is 125 Å². The summed E-state index contributed by atoms with van der Waals surface area (Å²) in [6, 6.07) is 13.8. The number of nitrogens with zero attached hydrogens (tertiary/aromatic N) is 1. The molecule has 4 rings (SSSR count). The van der Waals surface area contributed by atoms with E-state index in [1.165, 1.54) is 7.11 Å². The van der Waals surface area contributed by atoms with Gasteiger partial charge in [-0.3, -0.25) is 24.6 Å². The fraction of sp³-hybridized carbons (Fsp3) is 0.423. The normalized spacial score (nSPS) is 25.6. The number of ether oxygens (including phenoxy) is 2. The van der Waals surface area contributed by atoms with Crippen molar-refractivity contribution in [2.75, 3.05) is 20.3 Å². The SMILES string of the molecule is CCCCN1C(=O)C2C(c3cccc(OC)c3OCc3ccccc3)NC(CO)(C(=O)O)C2C1=O. The molecule has 35 heavy (non-hydrogen) atoms. The van der Waals surface area contributed by atoms with Gasteiger partial charge >= 0.3 is 5.97 Å². The lowest BCUT2D eigenvalue weighted by atomic mass is 9.79. The molecule has 9 nitrogen and oxygen atoms in total. The summed E-state index contributed by atoms with van der Waals surface area (Å²) in [5.74, 6) is -3.89. The van der Waals surface area contributed by atoms with Crippen LogP contribution >= 0.6 is 0 Å². The number of imide groups is 1. The number of carboxylic acids is 1. The maximum absolute atomic E-state index is 13.5. The van der Waals surface area contributed by atoms with Crippen LogP contribution in [-0.2, 0) is 21.0 Å². The molecule has 2 aromatic rings. The van der Waals surface area contributed by atoms with E-state index in [-0.39, 0.29) is 13.2 Å². The van der Waals surface area contributed by atoms with Crippen LogP contribution in [0.2, 0.25) is 0 Å². The number of aliphatic carboxylic acids is 1. The summed E-state index contributed by atoms with van der Waals surface area (Å²) >= 11 is 0. The lowest BCUT2D eigenvalue weighted by Crippen LogP contribution is -2.58. The lowest BCUT2D eigenvalue weighted by molar-refractivity contribution is -0.153. The van der Waals surface area contributed by atoms with E-state index in [1.807, 2.05) is 37.3 Å². The van der Waals surface area contributed by atoms with Gasteiger partial charge in [-0.15, -0.1) is 0 Å². The molecule has 0 bridgehead atoms. The minimum atomic E-state index is -2.00. The number of methoxy groups -OCH3 is 1. The number of aliphatic hydroxyl groups excluding tert-OH is 1. The Morgan fingerprint density at radius 3 is 2.49 bits per heavy atom. The van der Waals surface area contributed by atoms with Crippen molar-refractivity contribution < 1.29 is 34.1 Å². The van der Waals surface area contributed by atoms with Crippen LogP contribution in [0.25, 0.3) is 0 Å². The van der Waals surface area contributed by atoms with Crippen molar-refractivity contribution in [1.29, 1.82) is 0 Å². The van der Waals surface area contributed by atoms with E-state index in [0.717, 1.165) is 16.9 Å². The van der Waals surface area contributed by atoms with E-state index in [2.05, 4.69) is 5.32 Å². The number of benzene rings is 2. The van der Waals surface area contributed by atoms with Gasteiger partial charge < -0.3 is 19.7 Å². The number of rotatable bonds is 10. The molecule has 0 saturated carbocycles. The first kappa shape index (κ1) is 24.7. The molecule has 2 heterocycles. The minimum Gasteiger partial charge on any atom is -0.493 e. The van der Waals surface area contributed by atoms with Gasteiger partial charge in [0.2, 0.25) is 11.8 Å². The Hall–Kier alpha value is -3.43. The average molecular weight is 483 g/mol. The minimum absolute atomic E-state index is 0.213. The van der Waals surface area contributed by atoms with Crippen LogP contribution in [-0.4, -0.2) is 58.7 Å². The summed E-state index contributed by atoms with van der Waals surface area (Å²) in [4.78, 5) is 40.3. The molecule has 0 spiro atoms. The molecule has 2 aliphatic heterocycles. The van der Waals surface area contributed by atoms with Gasteiger partial charge in [-0.25, -0.2) is 0 Å². The first-order valence-corrected chi connectivity index (χ1v) is 11.7. The fourth-order valence-corrected chi connectivity index (χ4v) is 5.10. The third-order valence-corrected chi connectivity index (χ3v) is 6.90. The van der Waals surface area contributed by atoms with Gasteiger partial charge in [0.15, 0.2) is 17.0 Å². The summed E-state index contributed by atoms with van der Waals surface area (Å²) in [7, 11) is 1.49. The number of nitrogens with one attached hydrogen (secondary N) is 1. The fourth-order valence-electron chi connectivity index (χ4n) is 5.10. The zero-order valence-electron chi connectivity index (χ0n) is 19.8. The number of carbonyl (C=O) groups excluding carboxylic acids is 2. The first-order chi connectivity index (χ1) is 16.9. The highest BCUT2D eigenvalue weighted by atomic mass is 16.5. The van der Waals surface area contributed by atoms with E-state index >= 15 is 0 Å². The second kappa shape index (κ2) is 10.1. The summed E-state index contributed by atoms with van der Waals surface area (Å²) in [6.07, 6.45) is 1.38. The number of hydrogen-bond donors (Lipinski definition) is 3. The molecule has 2 saturated heterocycles. The number of para-hydroxylation sites is 1. The van der Waals surface area contributed by atoms with Crippen molar-refractivity contribution in [1.82, 2.24) is 10.2 Å². The van der Waals surface area contributed by atoms with Crippen molar-refractivity contribution >= 4 is 17.8 Å². The maximum atomic E-state index is 13.5. The van der Waals surface area contributed by atoms with Crippen LogP contribution in [0.4, 0.5) is 0 Å². The van der Waals surface area contributed by atoms with E-state index in [4.69, 9.17) is 9.47 Å². The monoisotopic (exact) mass is 482 g/mol. The highest BCUT2D eigenvalue weighted by Crippen LogP contribution is 2.51. The van der Waals surface area contributed by atoms with Crippen LogP contribution in [0.15, 0.2) is 48.5 Å². The molecule has 0 aromatic heterocycles. The molecule has 9 heteroatoms. The summed E-state index contributed by atoms with van der Waals surface area (Å²) < 4.78 is 11.7. The Kier molecular flexibility index (Phi) is 7.09. The molecular formula is C26H30N2O7. The van der Waals surface area contributed by atoms with Crippen LogP contribution in [0.3, 0.4) is 0 Å². The van der Waals surface area contributed by atoms with Crippen molar-refractivity contribution in [3.63, 3.8) is 0 Å². The Morgan fingerprint density at radius 1 is 1.11 bits per heavy atom. The van der Waals surface area contributed by atoms with Crippen LogP contribution in [0.5, 0.6) is 11.5 Å². The Balaban J connectivity index is 1.78. The highest BCUT2D eigenvalue weighted by molar-refractivity contribution is 6.09. The van der Waals surface area contributed by atoms with Gasteiger partial charge in [0.05, 0.1) is 25.6 Å². The number of carbonyl (C=O) groups is 3. The van der Waals surface area contributed by atoms with Crippen molar-refractivity contribution in [3.05, 3.63) is 59.7 Å². The quantitative estimate of drug-likeness (QED) is 0.440. The number of carboxylic acid groups (broad SMARTS) is 1. The zero-order valence-corrected chi connectivity index (χ0v) is 19.8. The van der Waals surface area contributed by atoms with Gasteiger partial charge in [0.1, 0.15) is 6.61 Å². The van der Waals surface area contributed by atoms with Gasteiger partial charge in [-0.05, 0) is 18.1 Å². The summed E-state index contributed by atoms with van der Waals surface area (Å²) in [5, 5.41) is 23.3. The van der Waals surface area contributed by atoms with Gasteiger partial charge in [0, 0.05) is 18.2 Å². The van der Waals surface area contributed by atoms with Crippen LogP contribution < -0.4 is 14.8 Å². The number of fused-ring (bicyclic) bond motifs is 1. The molecule has 4 atom stereocenters. The average Bonchev–Trinajstić information content (AvgIpc) is 3.35. The predicted molar refractivity (Wildman–Crippen MR) is 126 cm³/mol. The van der Waals surface area contributed by atoms with Crippen molar-refractivity contribution in [3.8, 4) is 11.5 Å². The summed E-state index contributed by atoms with van der Waals surface area (Å²) in [6.45, 7) is 1.53. The number of unbranched alkanes of at least 4 members (excludes halogenated alkanes) is 1. The molecule has 0 radical (unpaired) electrons. The number of hydrogen-bond acceptors (Lipinski definition) is 7. The second-order valence-electron chi connectivity index (χ2n) is 8.89.